The van der Waals surface area contributed by atoms with Gasteiger partial charge in [-0.15, -0.1) is 5.10 Å². The van der Waals surface area contributed by atoms with Crippen molar-refractivity contribution in [3.05, 3.63) is 52.0 Å². The minimum absolute atomic E-state index is 0.0261. The molecule has 0 fully saturated rings. The lowest BCUT2D eigenvalue weighted by Gasteiger charge is -2.03. The van der Waals surface area contributed by atoms with E-state index in [9.17, 15) is 4.79 Å². The van der Waals surface area contributed by atoms with Crippen LogP contribution in [0.15, 0.2) is 40.8 Å². The van der Waals surface area contributed by atoms with E-state index < -0.39 is 0 Å². The molecule has 9 heteroatoms. The highest BCUT2D eigenvalue weighted by Crippen LogP contribution is 2.33. The molecule has 1 aliphatic heterocycles. The standard InChI is InChI=1S/C17H11Cl2N3O4/c18-10-2-3-12(19)11(7-10)16-21-22-17(26-16)20-15(23)6-9-1-4-13-14(5-9)25-8-24-13/h1-5,7H,6,8H2,(H,20,22,23). The Bertz CT molecular complexity index is 990. The molecule has 2 aromatic carbocycles. The number of aromatic nitrogens is 2. The number of carbonyl (C=O) groups excluding carboxylic acids is 1. The quantitative estimate of drug-likeness (QED) is 0.724. The van der Waals surface area contributed by atoms with Gasteiger partial charge in [0.1, 0.15) is 0 Å². The van der Waals surface area contributed by atoms with Crippen LogP contribution in [0.2, 0.25) is 10.0 Å². The lowest BCUT2D eigenvalue weighted by atomic mass is 10.1. The van der Waals surface area contributed by atoms with E-state index in [0.717, 1.165) is 5.56 Å². The van der Waals surface area contributed by atoms with Crippen LogP contribution in [0.4, 0.5) is 6.01 Å². The molecule has 132 valence electrons. The number of hydrogen-bond donors (Lipinski definition) is 1. The summed E-state index contributed by atoms with van der Waals surface area (Å²) in [6.45, 7) is 0.182. The molecule has 0 saturated carbocycles. The lowest BCUT2D eigenvalue weighted by Crippen LogP contribution is -2.14. The topological polar surface area (TPSA) is 86.5 Å². The molecule has 1 aliphatic rings. The summed E-state index contributed by atoms with van der Waals surface area (Å²) in [7, 11) is 0. The van der Waals surface area contributed by atoms with Gasteiger partial charge in [0.2, 0.25) is 12.7 Å². The molecule has 2 heterocycles. The summed E-state index contributed by atoms with van der Waals surface area (Å²) < 4.78 is 16.0. The van der Waals surface area contributed by atoms with Gasteiger partial charge in [-0.1, -0.05) is 34.4 Å². The van der Waals surface area contributed by atoms with Crippen LogP contribution in [0.5, 0.6) is 11.5 Å². The van der Waals surface area contributed by atoms with Crippen molar-refractivity contribution in [3.8, 4) is 23.0 Å². The molecular weight excluding hydrogens is 381 g/mol. The molecular formula is C17H11Cl2N3O4. The third kappa shape index (κ3) is 3.44. The number of ether oxygens (including phenoxy) is 2. The van der Waals surface area contributed by atoms with Crippen LogP contribution in [0.1, 0.15) is 5.56 Å². The molecule has 1 amide bonds. The number of nitrogens with zero attached hydrogens (tertiary/aromatic N) is 2. The minimum Gasteiger partial charge on any atom is -0.454 e. The zero-order valence-corrected chi connectivity index (χ0v) is 14.7. The number of anilines is 1. The lowest BCUT2D eigenvalue weighted by molar-refractivity contribution is -0.115. The summed E-state index contributed by atoms with van der Waals surface area (Å²) in [4.78, 5) is 12.2. The highest BCUT2D eigenvalue weighted by molar-refractivity contribution is 6.35. The van der Waals surface area contributed by atoms with Gasteiger partial charge in [-0.05, 0) is 35.9 Å². The van der Waals surface area contributed by atoms with E-state index >= 15 is 0 Å². The Kier molecular flexibility index (Phi) is 4.40. The van der Waals surface area contributed by atoms with E-state index in [0.29, 0.717) is 27.1 Å². The Balaban J connectivity index is 1.45. The highest BCUT2D eigenvalue weighted by atomic mass is 35.5. The first-order chi connectivity index (χ1) is 12.6. The number of amides is 1. The Morgan fingerprint density at radius 3 is 2.81 bits per heavy atom. The number of nitrogens with one attached hydrogen (secondary N) is 1. The van der Waals surface area contributed by atoms with Crippen LogP contribution < -0.4 is 14.8 Å². The maximum absolute atomic E-state index is 12.2. The molecule has 4 rings (SSSR count). The van der Waals surface area contributed by atoms with E-state index in [-0.39, 0.29) is 31.0 Å². The summed E-state index contributed by atoms with van der Waals surface area (Å²) >= 11 is 12.1. The summed E-state index contributed by atoms with van der Waals surface area (Å²) in [6.07, 6.45) is 0.117. The first-order valence-corrected chi connectivity index (χ1v) is 8.31. The van der Waals surface area contributed by atoms with Crippen LogP contribution in [-0.4, -0.2) is 22.9 Å². The minimum atomic E-state index is -0.309. The Morgan fingerprint density at radius 1 is 1.08 bits per heavy atom. The predicted octanol–water partition coefficient (Wildman–Crippen LogP) is 3.95. The molecule has 0 saturated heterocycles. The number of halogens is 2. The average Bonchev–Trinajstić information content (AvgIpc) is 3.25. The number of fused-ring (bicyclic) bond motifs is 1. The normalized spacial score (nSPS) is 12.2. The Morgan fingerprint density at radius 2 is 1.92 bits per heavy atom. The van der Waals surface area contributed by atoms with Gasteiger partial charge in [-0.2, -0.15) is 0 Å². The third-order valence-electron chi connectivity index (χ3n) is 3.63. The van der Waals surface area contributed by atoms with Crippen LogP contribution in [0, 0.1) is 0 Å². The SMILES string of the molecule is O=C(Cc1ccc2c(c1)OCO2)Nc1nnc(-c2cc(Cl)ccc2Cl)o1. The second-order valence-corrected chi connectivity index (χ2v) is 6.29. The van der Waals surface area contributed by atoms with Gasteiger partial charge in [0.25, 0.3) is 5.89 Å². The zero-order chi connectivity index (χ0) is 18.1. The molecule has 26 heavy (non-hydrogen) atoms. The average molecular weight is 392 g/mol. The van der Waals surface area contributed by atoms with Gasteiger partial charge in [0, 0.05) is 5.02 Å². The van der Waals surface area contributed by atoms with Gasteiger partial charge >= 0.3 is 6.01 Å². The van der Waals surface area contributed by atoms with Gasteiger partial charge < -0.3 is 13.9 Å². The number of rotatable bonds is 4. The molecule has 0 radical (unpaired) electrons. The van der Waals surface area contributed by atoms with E-state index in [1.807, 2.05) is 0 Å². The molecule has 0 unspecified atom stereocenters. The van der Waals surface area contributed by atoms with Crippen molar-refractivity contribution in [2.24, 2.45) is 0 Å². The predicted molar refractivity (Wildman–Crippen MR) is 94.7 cm³/mol. The largest absolute Gasteiger partial charge is 0.454 e. The number of hydrogen-bond acceptors (Lipinski definition) is 6. The van der Waals surface area contributed by atoms with Crippen molar-refractivity contribution in [2.75, 3.05) is 12.1 Å². The molecule has 0 spiro atoms. The van der Waals surface area contributed by atoms with Crippen LogP contribution in [0.25, 0.3) is 11.5 Å². The fraction of sp³-hybridized carbons (Fsp3) is 0.118. The van der Waals surface area contributed by atoms with Crippen molar-refractivity contribution in [1.29, 1.82) is 0 Å². The fourth-order valence-electron chi connectivity index (χ4n) is 2.44. The number of benzene rings is 2. The summed E-state index contributed by atoms with van der Waals surface area (Å²) in [5, 5.41) is 11.1. The van der Waals surface area contributed by atoms with E-state index in [1.165, 1.54) is 0 Å². The van der Waals surface area contributed by atoms with Gasteiger partial charge in [-0.3, -0.25) is 10.1 Å². The molecule has 7 nitrogen and oxygen atoms in total. The first kappa shape index (κ1) is 16.7. The van der Waals surface area contributed by atoms with Crippen LogP contribution in [-0.2, 0) is 11.2 Å². The molecule has 0 aliphatic carbocycles. The molecule has 1 N–H and O–H groups in total. The van der Waals surface area contributed by atoms with Crippen molar-refractivity contribution in [1.82, 2.24) is 10.2 Å². The van der Waals surface area contributed by atoms with Crippen molar-refractivity contribution >= 4 is 35.1 Å². The molecule has 3 aromatic rings. The summed E-state index contributed by atoms with van der Waals surface area (Å²) in [5.74, 6) is 1.13. The van der Waals surface area contributed by atoms with Gasteiger partial charge in [0.15, 0.2) is 11.5 Å². The van der Waals surface area contributed by atoms with Crippen molar-refractivity contribution in [2.45, 2.75) is 6.42 Å². The van der Waals surface area contributed by atoms with Gasteiger partial charge in [-0.25, -0.2) is 0 Å². The van der Waals surface area contributed by atoms with Crippen molar-refractivity contribution < 1.29 is 18.7 Å². The highest BCUT2D eigenvalue weighted by Gasteiger charge is 2.17. The summed E-state index contributed by atoms with van der Waals surface area (Å²) in [5.41, 5.74) is 1.26. The van der Waals surface area contributed by atoms with Crippen LogP contribution in [0.3, 0.4) is 0 Å². The maximum Gasteiger partial charge on any atom is 0.322 e. The number of carbonyl (C=O) groups is 1. The van der Waals surface area contributed by atoms with Gasteiger partial charge in [0.05, 0.1) is 17.0 Å². The maximum atomic E-state index is 12.2. The second-order valence-electron chi connectivity index (χ2n) is 5.45. The monoisotopic (exact) mass is 391 g/mol. The second kappa shape index (κ2) is 6.86. The van der Waals surface area contributed by atoms with E-state index in [1.54, 1.807) is 36.4 Å². The third-order valence-corrected chi connectivity index (χ3v) is 4.20. The van der Waals surface area contributed by atoms with E-state index in [2.05, 4.69) is 15.5 Å². The molecule has 1 aromatic heterocycles. The first-order valence-electron chi connectivity index (χ1n) is 7.56. The molecule has 0 bridgehead atoms. The van der Waals surface area contributed by atoms with Crippen LogP contribution >= 0.6 is 23.2 Å². The smallest absolute Gasteiger partial charge is 0.322 e. The summed E-state index contributed by atoms with van der Waals surface area (Å²) in [6, 6.07) is 10.2. The van der Waals surface area contributed by atoms with Crippen molar-refractivity contribution in [3.63, 3.8) is 0 Å². The Hall–Kier alpha value is -2.77. The molecule has 0 atom stereocenters. The van der Waals surface area contributed by atoms with E-state index in [4.69, 9.17) is 37.1 Å². The zero-order valence-electron chi connectivity index (χ0n) is 13.2. The fourth-order valence-corrected chi connectivity index (χ4v) is 2.81. The Labute approximate surface area is 157 Å².